The van der Waals surface area contributed by atoms with E-state index in [9.17, 15) is 9.18 Å². The van der Waals surface area contributed by atoms with Crippen molar-refractivity contribution >= 4 is 5.91 Å². The highest BCUT2D eigenvalue weighted by Crippen LogP contribution is 2.27. The fraction of sp³-hybridized carbons (Fsp3) is 0.526. The lowest BCUT2D eigenvalue weighted by Gasteiger charge is -2.47. The monoisotopic (exact) mass is 334 g/mol. The molecule has 1 atom stereocenters. The van der Waals surface area contributed by atoms with Crippen LogP contribution in [0.2, 0.25) is 0 Å². The number of hydrogen-bond donors (Lipinski definition) is 0. The summed E-state index contributed by atoms with van der Waals surface area (Å²) in [4.78, 5) is 16.0. The highest BCUT2D eigenvalue weighted by Gasteiger charge is 2.36. The van der Waals surface area contributed by atoms with Crippen LogP contribution in [0.4, 0.5) is 4.39 Å². The Morgan fingerprint density at radius 2 is 2.17 bits per heavy atom. The molecule has 1 aliphatic rings. The number of carbonyl (C=O) groups is 1. The van der Waals surface area contributed by atoms with Crippen LogP contribution in [-0.4, -0.2) is 54.5 Å². The number of carbonyl (C=O) groups excluding carboxylic acids is 1. The standard InChI is InChI=1S/C19H27FN2O2/c1-6-18(23)21-9-10-22(19(3,4)13-21)12-17(24-5)15-8-7-14(2)16(20)11-15/h6-8,11,17H,1,9-10,12-13H2,2-5H3/t17-/m1/s1. The normalized spacial score (nSPS) is 19.1. The third-order valence-electron chi connectivity index (χ3n) is 4.80. The quantitative estimate of drug-likeness (QED) is 0.776. The molecule has 0 saturated carbocycles. The van der Waals surface area contributed by atoms with Crippen molar-refractivity contribution in [3.8, 4) is 0 Å². The second-order valence-corrected chi connectivity index (χ2v) is 6.96. The molecule has 1 aliphatic heterocycles. The van der Waals surface area contributed by atoms with Gasteiger partial charge in [0.2, 0.25) is 5.91 Å². The van der Waals surface area contributed by atoms with Crippen molar-refractivity contribution in [1.29, 1.82) is 0 Å². The highest BCUT2D eigenvalue weighted by molar-refractivity contribution is 5.87. The lowest BCUT2D eigenvalue weighted by molar-refractivity contribution is -0.131. The van der Waals surface area contributed by atoms with Crippen LogP contribution in [0.15, 0.2) is 30.9 Å². The zero-order valence-electron chi connectivity index (χ0n) is 15.0. The summed E-state index contributed by atoms with van der Waals surface area (Å²) in [6, 6.07) is 5.24. The smallest absolute Gasteiger partial charge is 0.246 e. The van der Waals surface area contributed by atoms with Crippen LogP contribution < -0.4 is 0 Å². The number of methoxy groups -OCH3 is 1. The van der Waals surface area contributed by atoms with Gasteiger partial charge in [0.15, 0.2) is 0 Å². The Morgan fingerprint density at radius 1 is 1.46 bits per heavy atom. The molecule has 24 heavy (non-hydrogen) atoms. The largest absolute Gasteiger partial charge is 0.375 e. The number of ether oxygens (including phenoxy) is 1. The van der Waals surface area contributed by atoms with Crippen molar-refractivity contribution in [3.05, 3.63) is 47.8 Å². The Hall–Kier alpha value is -1.72. The van der Waals surface area contributed by atoms with E-state index in [0.29, 0.717) is 25.2 Å². The molecule has 5 heteroatoms. The number of amides is 1. The average molecular weight is 334 g/mol. The van der Waals surface area contributed by atoms with Crippen LogP contribution in [0.3, 0.4) is 0 Å². The molecule has 0 bridgehead atoms. The maximum atomic E-state index is 13.9. The van der Waals surface area contributed by atoms with Crippen molar-refractivity contribution in [2.45, 2.75) is 32.4 Å². The van der Waals surface area contributed by atoms with Gasteiger partial charge in [-0.05, 0) is 44.0 Å². The van der Waals surface area contributed by atoms with E-state index >= 15 is 0 Å². The minimum atomic E-state index is -0.213. The summed E-state index contributed by atoms with van der Waals surface area (Å²) in [6.45, 7) is 12.2. The maximum absolute atomic E-state index is 13.9. The molecule has 1 fully saturated rings. The molecular weight excluding hydrogens is 307 g/mol. The fourth-order valence-electron chi connectivity index (χ4n) is 3.17. The molecule has 0 unspecified atom stereocenters. The molecule has 0 spiro atoms. The summed E-state index contributed by atoms with van der Waals surface area (Å²) in [5, 5.41) is 0. The molecular formula is C19H27FN2O2. The van der Waals surface area contributed by atoms with E-state index in [1.165, 1.54) is 6.08 Å². The molecule has 132 valence electrons. The van der Waals surface area contributed by atoms with Gasteiger partial charge in [-0.1, -0.05) is 18.7 Å². The third kappa shape index (κ3) is 4.02. The predicted molar refractivity (Wildman–Crippen MR) is 93.3 cm³/mol. The Labute approximate surface area is 143 Å². The lowest BCUT2D eigenvalue weighted by atomic mass is 9.96. The minimum absolute atomic E-state index is 0.0355. The minimum Gasteiger partial charge on any atom is -0.375 e. The summed E-state index contributed by atoms with van der Waals surface area (Å²) < 4.78 is 19.5. The second-order valence-electron chi connectivity index (χ2n) is 6.96. The summed E-state index contributed by atoms with van der Waals surface area (Å²) in [6.07, 6.45) is 1.15. The number of benzene rings is 1. The zero-order chi connectivity index (χ0) is 17.9. The number of nitrogens with zero attached hydrogens (tertiary/aromatic N) is 2. The first-order chi connectivity index (χ1) is 11.3. The van der Waals surface area contributed by atoms with Crippen molar-refractivity contribution in [1.82, 2.24) is 9.80 Å². The summed E-state index contributed by atoms with van der Waals surface area (Å²) >= 11 is 0. The molecule has 1 aromatic carbocycles. The highest BCUT2D eigenvalue weighted by atomic mass is 19.1. The predicted octanol–water partition coefficient (Wildman–Crippen LogP) is 2.93. The van der Waals surface area contributed by atoms with E-state index in [1.54, 1.807) is 26.2 Å². The van der Waals surface area contributed by atoms with Crippen LogP contribution in [0.5, 0.6) is 0 Å². The van der Waals surface area contributed by atoms with Gasteiger partial charge in [-0.15, -0.1) is 0 Å². The molecule has 4 nitrogen and oxygen atoms in total. The molecule has 0 radical (unpaired) electrons. The molecule has 1 aromatic rings. The molecule has 0 aliphatic carbocycles. The first kappa shape index (κ1) is 18.6. The first-order valence-corrected chi connectivity index (χ1v) is 8.23. The molecule has 0 N–H and O–H groups in total. The average Bonchev–Trinajstić information content (AvgIpc) is 2.55. The van der Waals surface area contributed by atoms with Gasteiger partial charge < -0.3 is 9.64 Å². The van der Waals surface area contributed by atoms with Gasteiger partial charge in [0.05, 0.1) is 6.10 Å². The van der Waals surface area contributed by atoms with Crippen molar-refractivity contribution in [2.75, 3.05) is 33.3 Å². The van der Waals surface area contributed by atoms with Gasteiger partial charge in [-0.25, -0.2) is 4.39 Å². The lowest BCUT2D eigenvalue weighted by Crippen LogP contribution is -2.60. The van der Waals surface area contributed by atoms with Crippen LogP contribution >= 0.6 is 0 Å². The van der Waals surface area contributed by atoms with Crippen LogP contribution in [0, 0.1) is 12.7 Å². The van der Waals surface area contributed by atoms with Gasteiger partial charge in [-0.3, -0.25) is 9.69 Å². The van der Waals surface area contributed by atoms with Crippen molar-refractivity contribution in [2.24, 2.45) is 0 Å². The Morgan fingerprint density at radius 3 is 2.71 bits per heavy atom. The number of rotatable bonds is 5. The third-order valence-corrected chi connectivity index (χ3v) is 4.80. The number of hydrogen-bond acceptors (Lipinski definition) is 3. The number of aryl methyl sites for hydroxylation is 1. The van der Waals surface area contributed by atoms with E-state index < -0.39 is 0 Å². The van der Waals surface area contributed by atoms with E-state index in [4.69, 9.17) is 4.74 Å². The molecule has 2 rings (SSSR count). The SMILES string of the molecule is C=CC(=O)N1CCN(C[C@@H](OC)c2ccc(C)c(F)c2)C(C)(C)C1. The van der Waals surface area contributed by atoms with Crippen molar-refractivity contribution in [3.63, 3.8) is 0 Å². The fourth-order valence-corrected chi connectivity index (χ4v) is 3.17. The maximum Gasteiger partial charge on any atom is 0.246 e. The van der Waals surface area contributed by atoms with Gasteiger partial charge >= 0.3 is 0 Å². The van der Waals surface area contributed by atoms with Crippen LogP contribution in [-0.2, 0) is 9.53 Å². The van der Waals surface area contributed by atoms with Crippen molar-refractivity contribution < 1.29 is 13.9 Å². The van der Waals surface area contributed by atoms with Gasteiger partial charge in [0.1, 0.15) is 5.82 Å². The second kappa shape index (κ2) is 7.45. The summed E-state index contributed by atoms with van der Waals surface area (Å²) in [7, 11) is 1.65. The Kier molecular flexibility index (Phi) is 5.78. The van der Waals surface area contributed by atoms with E-state index in [0.717, 1.165) is 12.1 Å². The van der Waals surface area contributed by atoms with Gasteiger partial charge in [-0.2, -0.15) is 0 Å². The summed E-state index contributed by atoms with van der Waals surface area (Å²) in [5.41, 5.74) is 1.28. The van der Waals surface area contributed by atoms with Crippen LogP contribution in [0.25, 0.3) is 0 Å². The Balaban J connectivity index is 2.11. The molecule has 1 amide bonds. The Bertz CT molecular complexity index is 615. The van der Waals surface area contributed by atoms with Gasteiger partial charge in [0, 0.05) is 38.8 Å². The topological polar surface area (TPSA) is 32.8 Å². The zero-order valence-corrected chi connectivity index (χ0v) is 15.0. The number of piperazine rings is 1. The van der Waals surface area contributed by atoms with Gasteiger partial charge in [0.25, 0.3) is 0 Å². The summed E-state index contributed by atoms with van der Waals surface area (Å²) in [5.74, 6) is -0.248. The van der Waals surface area contributed by atoms with E-state index in [2.05, 4.69) is 25.3 Å². The van der Waals surface area contributed by atoms with E-state index in [-0.39, 0.29) is 23.4 Å². The van der Waals surface area contributed by atoms with E-state index in [1.807, 2.05) is 11.0 Å². The molecule has 1 saturated heterocycles. The molecule has 1 heterocycles. The molecule has 0 aromatic heterocycles. The van der Waals surface area contributed by atoms with Crippen LogP contribution in [0.1, 0.15) is 31.1 Å². The number of halogens is 1. The first-order valence-electron chi connectivity index (χ1n) is 8.23.